The first-order valence-electron chi connectivity index (χ1n) is 9.85. The van der Waals surface area contributed by atoms with E-state index in [9.17, 15) is 9.59 Å². The highest BCUT2D eigenvalue weighted by atomic mass is 16.5. The van der Waals surface area contributed by atoms with Crippen LogP contribution in [0.5, 0.6) is 5.75 Å². The van der Waals surface area contributed by atoms with E-state index < -0.39 is 17.6 Å². The Hall–Kier alpha value is -3.44. The van der Waals surface area contributed by atoms with Crippen LogP contribution in [0.1, 0.15) is 27.9 Å². The van der Waals surface area contributed by atoms with Gasteiger partial charge in [0.2, 0.25) is 0 Å². The normalized spacial score (nSPS) is 17.8. The van der Waals surface area contributed by atoms with E-state index >= 15 is 0 Å². The molecule has 30 heavy (non-hydrogen) atoms. The van der Waals surface area contributed by atoms with Gasteiger partial charge in [-0.05, 0) is 35.4 Å². The molecule has 1 aliphatic heterocycles. The van der Waals surface area contributed by atoms with E-state index in [1.54, 1.807) is 31.4 Å². The first kappa shape index (κ1) is 19.9. The number of hydrogen-bond donors (Lipinski definition) is 1. The summed E-state index contributed by atoms with van der Waals surface area (Å²) < 4.78 is 10.8. The summed E-state index contributed by atoms with van der Waals surface area (Å²) in [5.41, 5.74) is 1.76. The van der Waals surface area contributed by atoms with Crippen molar-refractivity contribution < 1.29 is 19.1 Å². The number of ether oxygens (including phenoxy) is 2. The molecule has 1 aliphatic rings. The Balaban J connectivity index is 1.64. The molecular formula is C25H23NO4. The fourth-order valence-electron chi connectivity index (χ4n) is 3.84. The van der Waals surface area contributed by atoms with Gasteiger partial charge in [0, 0.05) is 12.0 Å². The van der Waals surface area contributed by atoms with E-state index in [1.807, 2.05) is 60.7 Å². The molecule has 4 rings (SSSR count). The average molecular weight is 401 g/mol. The van der Waals surface area contributed by atoms with Gasteiger partial charge in [-0.1, -0.05) is 60.7 Å². The lowest BCUT2D eigenvalue weighted by Crippen LogP contribution is -2.60. The van der Waals surface area contributed by atoms with Crippen molar-refractivity contribution >= 4 is 11.8 Å². The summed E-state index contributed by atoms with van der Waals surface area (Å²) in [5.74, 6) is 0.122. The first-order chi connectivity index (χ1) is 14.6. The monoisotopic (exact) mass is 401 g/mol. The molecule has 3 aromatic carbocycles. The van der Waals surface area contributed by atoms with Gasteiger partial charge in [-0.15, -0.1) is 0 Å². The fraction of sp³-hybridized carbons (Fsp3) is 0.200. The van der Waals surface area contributed by atoms with Gasteiger partial charge in [0.15, 0.2) is 5.78 Å². The van der Waals surface area contributed by atoms with Crippen molar-refractivity contribution in [2.24, 2.45) is 0 Å². The molecule has 1 heterocycles. The number of nitrogens with one attached hydrogen (secondary N) is 1. The van der Waals surface area contributed by atoms with Gasteiger partial charge in [-0.25, -0.2) is 0 Å². The molecule has 5 nitrogen and oxygen atoms in total. The number of cyclic esters (lactones) is 1. The Bertz CT molecular complexity index is 977. The summed E-state index contributed by atoms with van der Waals surface area (Å²) in [6, 6.07) is 25.8. The van der Waals surface area contributed by atoms with Crippen LogP contribution in [0.15, 0.2) is 84.9 Å². The van der Waals surface area contributed by atoms with Crippen molar-refractivity contribution in [3.8, 4) is 5.75 Å². The van der Waals surface area contributed by atoms with E-state index in [0.29, 0.717) is 11.3 Å². The molecule has 0 aromatic heterocycles. The third-order valence-electron chi connectivity index (χ3n) is 5.47. The van der Waals surface area contributed by atoms with Crippen LogP contribution in [0.4, 0.5) is 0 Å². The number of hydrogen-bond acceptors (Lipinski definition) is 5. The van der Waals surface area contributed by atoms with E-state index in [0.717, 1.165) is 11.1 Å². The molecule has 3 aromatic rings. The maximum atomic E-state index is 12.9. The Morgan fingerprint density at radius 3 is 2.07 bits per heavy atom. The molecule has 0 spiro atoms. The third-order valence-corrected chi connectivity index (χ3v) is 5.47. The minimum atomic E-state index is -0.756. The quantitative estimate of drug-likeness (QED) is 0.504. The minimum Gasteiger partial charge on any atom is -0.497 e. The van der Waals surface area contributed by atoms with Crippen LogP contribution in [0.2, 0.25) is 0 Å². The van der Waals surface area contributed by atoms with Crippen molar-refractivity contribution in [2.45, 2.75) is 18.0 Å². The molecule has 152 valence electrons. The van der Waals surface area contributed by atoms with Crippen molar-refractivity contribution in [1.82, 2.24) is 5.32 Å². The van der Waals surface area contributed by atoms with Gasteiger partial charge >= 0.3 is 5.97 Å². The van der Waals surface area contributed by atoms with Crippen LogP contribution < -0.4 is 10.1 Å². The number of carbonyl (C=O) groups is 2. The summed E-state index contributed by atoms with van der Waals surface area (Å²) in [5, 5.41) is 3.45. The van der Waals surface area contributed by atoms with Crippen LogP contribution >= 0.6 is 0 Å². The van der Waals surface area contributed by atoms with Gasteiger partial charge < -0.3 is 9.47 Å². The number of benzene rings is 3. The van der Waals surface area contributed by atoms with Gasteiger partial charge in [0.25, 0.3) is 0 Å². The summed E-state index contributed by atoms with van der Waals surface area (Å²) >= 11 is 0. The lowest BCUT2D eigenvalue weighted by molar-refractivity contribution is -0.154. The van der Waals surface area contributed by atoms with Crippen molar-refractivity contribution in [2.75, 3.05) is 13.7 Å². The van der Waals surface area contributed by atoms with Crippen molar-refractivity contribution in [3.05, 3.63) is 102 Å². The smallest absolute Gasteiger partial charge is 0.323 e. The lowest BCUT2D eigenvalue weighted by atomic mass is 9.81. The molecule has 0 aliphatic carbocycles. The summed E-state index contributed by atoms with van der Waals surface area (Å²) in [4.78, 5) is 25.4. The average Bonchev–Trinajstić information content (AvgIpc) is 2.82. The predicted octanol–water partition coefficient (Wildman–Crippen LogP) is 3.73. The second-order valence-corrected chi connectivity index (χ2v) is 7.30. The molecule has 0 amide bonds. The molecule has 1 fully saturated rings. The van der Waals surface area contributed by atoms with E-state index in [1.165, 1.54) is 0 Å². The number of ketones is 1. The Kier molecular flexibility index (Phi) is 5.63. The van der Waals surface area contributed by atoms with Gasteiger partial charge in [0.05, 0.1) is 7.11 Å². The van der Waals surface area contributed by atoms with Crippen molar-refractivity contribution in [3.63, 3.8) is 0 Å². The zero-order valence-electron chi connectivity index (χ0n) is 16.7. The molecule has 1 atom stereocenters. The number of carbonyl (C=O) groups excluding carboxylic acids is 2. The Morgan fingerprint density at radius 1 is 0.967 bits per heavy atom. The predicted molar refractivity (Wildman–Crippen MR) is 113 cm³/mol. The number of morpholine rings is 1. The molecule has 0 saturated carbocycles. The molecule has 1 N–H and O–H groups in total. The van der Waals surface area contributed by atoms with E-state index in [2.05, 4.69) is 5.32 Å². The van der Waals surface area contributed by atoms with E-state index in [4.69, 9.17) is 9.47 Å². The van der Waals surface area contributed by atoms with Gasteiger partial charge in [-0.2, -0.15) is 0 Å². The SMILES string of the molecule is COc1ccc(C(=O)C[C@H]2NC(c3ccccc3)(c3ccccc3)COC2=O)cc1. The Morgan fingerprint density at radius 2 is 1.53 bits per heavy atom. The Labute approximate surface area is 175 Å². The first-order valence-corrected chi connectivity index (χ1v) is 9.85. The van der Waals surface area contributed by atoms with Gasteiger partial charge in [0.1, 0.15) is 23.9 Å². The zero-order chi connectivity index (χ0) is 21.0. The molecule has 0 bridgehead atoms. The number of Topliss-reactive ketones (excluding diaryl/α,β-unsaturated/α-hetero) is 1. The zero-order valence-corrected chi connectivity index (χ0v) is 16.7. The lowest BCUT2D eigenvalue weighted by Gasteiger charge is -2.42. The highest BCUT2D eigenvalue weighted by Crippen LogP contribution is 2.34. The van der Waals surface area contributed by atoms with E-state index in [-0.39, 0.29) is 18.8 Å². The summed E-state index contributed by atoms with van der Waals surface area (Å²) in [6.07, 6.45) is 0.00653. The second-order valence-electron chi connectivity index (χ2n) is 7.30. The topological polar surface area (TPSA) is 64.6 Å². The summed E-state index contributed by atoms with van der Waals surface area (Å²) in [7, 11) is 1.57. The highest BCUT2D eigenvalue weighted by Gasteiger charge is 2.44. The minimum absolute atomic E-state index is 0.00653. The van der Waals surface area contributed by atoms with Crippen molar-refractivity contribution in [1.29, 1.82) is 0 Å². The molecule has 1 saturated heterocycles. The third kappa shape index (κ3) is 3.84. The number of methoxy groups -OCH3 is 1. The van der Waals surface area contributed by atoms with Gasteiger partial charge in [-0.3, -0.25) is 14.9 Å². The number of rotatable bonds is 6. The van der Waals surface area contributed by atoms with Crippen LogP contribution in [0.3, 0.4) is 0 Å². The molecule has 0 unspecified atom stereocenters. The standard InChI is InChI=1S/C25H23NO4/c1-29-21-14-12-18(13-15-21)23(27)16-22-24(28)30-17-25(26-22,19-8-4-2-5-9-19)20-10-6-3-7-11-20/h2-15,22,26H,16-17H2,1H3/t22-/m1/s1. The largest absolute Gasteiger partial charge is 0.497 e. The molecule has 0 radical (unpaired) electrons. The van der Waals surface area contributed by atoms with Crippen LogP contribution in [-0.2, 0) is 15.1 Å². The summed E-state index contributed by atoms with van der Waals surface area (Å²) in [6.45, 7) is 0.160. The van der Waals surface area contributed by atoms with Crippen LogP contribution in [-0.4, -0.2) is 31.5 Å². The maximum absolute atomic E-state index is 12.9. The van der Waals surface area contributed by atoms with Crippen LogP contribution in [0.25, 0.3) is 0 Å². The second kappa shape index (κ2) is 8.51. The highest BCUT2D eigenvalue weighted by molar-refractivity contribution is 5.99. The fourth-order valence-corrected chi connectivity index (χ4v) is 3.84. The molecular weight excluding hydrogens is 378 g/mol. The van der Waals surface area contributed by atoms with Crippen LogP contribution in [0, 0.1) is 0 Å². The molecule has 5 heteroatoms. The maximum Gasteiger partial charge on any atom is 0.323 e. The number of esters is 1.